The fourth-order valence-corrected chi connectivity index (χ4v) is 3.28. The highest BCUT2D eigenvalue weighted by atomic mass is 35.5. The smallest absolute Gasteiger partial charge is 0.310 e. The molecule has 0 aromatic rings. The van der Waals surface area contributed by atoms with Gasteiger partial charge in [-0.2, -0.15) is 0 Å². The molecule has 20 heavy (non-hydrogen) atoms. The Kier molecular flexibility index (Phi) is 4.66. The topological polar surface area (TPSA) is 26.3 Å². The van der Waals surface area contributed by atoms with Crippen LogP contribution in [0.3, 0.4) is 0 Å². The summed E-state index contributed by atoms with van der Waals surface area (Å²) in [6.45, 7) is 7.79. The van der Waals surface area contributed by atoms with E-state index in [-0.39, 0.29) is 33.8 Å². The van der Waals surface area contributed by atoms with Crippen molar-refractivity contribution in [1.29, 1.82) is 0 Å². The molecule has 0 amide bonds. The molecule has 2 nitrogen and oxygen atoms in total. The van der Waals surface area contributed by atoms with Gasteiger partial charge in [-0.05, 0) is 23.8 Å². The number of carbonyl (C=O) groups excluding carboxylic acids is 1. The van der Waals surface area contributed by atoms with Gasteiger partial charge in [0.05, 0.1) is 5.92 Å². The van der Waals surface area contributed by atoms with Crippen molar-refractivity contribution in [3.05, 3.63) is 34.9 Å². The molecule has 1 unspecified atom stereocenters. The van der Waals surface area contributed by atoms with Gasteiger partial charge in [-0.25, -0.2) is 0 Å². The molecule has 1 fully saturated rings. The molecular formula is C16H20Cl2O2. The monoisotopic (exact) mass is 314 g/mol. The van der Waals surface area contributed by atoms with E-state index in [4.69, 9.17) is 27.9 Å². The van der Waals surface area contributed by atoms with Gasteiger partial charge in [0.1, 0.15) is 10.6 Å². The maximum absolute atomic E-state index is 12.3. The Bertz CT molecular complexity index is 473. The van der Waals surface area contributed by atoms with Crippen molar-refractivity contribution in [2.24, 2.45) is 17.3 Å². The van der Waals surface area contributed by atoms with Crippen LogP contribution in [0.1, 0.15) is 33.1 Å². The third-order valence-electron chi connectivity index (χ3n) is 4.32. The van der Waals surface area contributed by atoms with Crippen molar-refractivity contribution in [2.75, 3.05) is 0 Å². The third kappa shape index (κ3) is 3.29. The maximum Gasteiger partial charge on any atom is 0.310 e. The molecule has 0 saturated heterocycles. The van der Waals surface area contributed by atoms with Gasteiger partial charge >= 0.3 is 5.97 Å². The van der Waals surface area contributed by atoms with E-state index in [0.717, 1.165) is 19.3 Å². The molecule has 0 aliphatic heterocycles. The Morgan fingerprint density at radius 1 is 1.55 bits per heavy atom. The molecule has 0 spiro atoms. The Morgan fingerprint density at radius 2 is 2.25 bits per heavy atom. The highest BCUT2D eigenvalue weighted by Gasteiger charge is 2.61. The number of esters is 1. The molecule has 2 aliphatic carbocycles. The number of allylic oxidation sites excluding steroid dienone is 2. The molecular weight excluding hydrogens is 295 g/mol. The molecule has 4 heteroatoms. The summed E-state index contributed by atoms with van der Waals surface area (Å²) in [5.74, 6) is -0.204. The first kappa shape index (κ1) is 15.7. The lowest BCUT2D eigenvalue weighted by molar-refractivity contribution is -0.151. The lowest BCUT2D eigenvalue weighted by Gasteiger charge is -2.13. The molecule has 2 rings (SSSR count). The number of rotatable bonds is 5. The van der Waals surface area contributed by atoms with E-state index in [2.05, 4.69) is 12.7 Å². The van der Waals surface area contributed by atoms with E-state index >= 15 is 0 Å². The van der Waals surface area contributed by atoms with Crippen molar-refractivity contribution in [2.45, 2.75) is 39.2 Å². The zero-order valence-electron chi connectivity index (χ0n) is 11.9. The van der Waals surface area contributed by atoms with Gasteiger partial charge in [-0.15, -0.1) is 6.58 Å². The number of halogens is 2. The molecule has 2 aliphatic rings. The number of ether oxygens (including phenoxy) is 1. The van der Waals surface area contributed by atoms with Gasteiger partial charge in [-0.3, -0.25) is 4.79 Å². The van der Waals surface area contributed by atoms with E-state index in [9.17, 15) is 4.79 Å². The second-order valence-corrected chi connectivity index (χ2v) is 7.14. The molecule has 0 bridgehead atoms. The Balaban J connectivity index is 1.88. The Morgan fingerprint density at radius 3 is 2.85 bits per heavy atom. The zero-order chi connectivity index (χ0) is 14.9. The first-order valence-electron chi connectivity index (χ1n) is 6.88. The van der Waals surface area contributed by atoms with Crippen LogP contribution in [-0.2, 0) is 9.53 Å². The molecule has 3 atom stereocenters. The zero-order valence-corrected chi connectivity index (χ0v) is 13.4. The van der Waals surface area contributed by atoms with E-state index in [1.165, 1.54) is 5.57 Å². The van der Waals surface area contributed by atoms with Gasteiger partial charge in [0.2, 0.25) is 0 Å². The molecule has 0 aromatic heterocycles. The van der Waals surface area contributed by atoms with E-state index in [1.807, 2.05) is 19.9 Å². The van der Waals surface area contributed by atoms with Crippen molar-refractivity contribution >= 4 is 29.2 Å². The SMILES string of the molecule is C=CCC1=CCC(OC(=O)[C@@H]2[C@@H](C=C(Cl)Cl)C2(C)C)C1. The third-order valence-corrected chi connectivity index (χ3v) is 4.57. The fraction of sp³-hybridized carbons (Fsp3) is 0.562. The average molecular weight is 315 g/mol. The van der Waals surface area contributed by atoms with Crippen LogP contribution in [0.15, 0.2) is 34.9 Å². The van der Waals surface area contributed by atoms with Crippen LogP contribution < -0.4 is 0 Å². The first-order chi connectivity index (χ1) is 9.36. The van der Waals surface area contributed by atoms with Crippen molar-refractivity contribution in [3.63, 3.8) is 0 Å². The maximum atomic E-state index is 12.3. The minimum absolute atomic E-state index is 0.0232. The van der Waals surface area contributed by atoms with Gasteiger partial charge in [0, 0.05) is 12.8 Å². The summed E-state index contributed by atoms with van der Waals surface area (Å²) in [6.07, 6.45) is 8.24. The quantitative estimate of drug-likeness (QED) is 0.539. The summed E-state index contributed by atoms with van der Waals surface area (Å²) in [7, 11) is 0. The first-order valence-corrected chi connectivity index (χ1v) is 7.64. The summed E-state index contributed by atoms with van der Waals surface area (Å²) >= 11 is 11.4. The normalized spacial score (nSPS) is 30.4. The van der Waals surface area contributed by atoms with Crippen LogP contribution >= 0.6 is 23.2 Å². The summed E-state index contributed by atoms with van der Waals surface area (Å²) in [5.41, 5.74) is 1.18. The van der Waals surface area contributed by atoms with Crippen LogP contribution in [0, 0.1) is 17.3 Å². The largest absolute Gasteiger partial charge is 0.461 e. The highest BCUT2D eigenvalue weighted by molar-refractivity contribution is 6.55. The summed E-state index contributed by atoms with van der Waals surface area (Å²) in [5, 5.41) is 0. The average Bonchev–Trinajstić information content (AvgIpc) is 2.70. The van der Waals surface area contributed by atoms with Crippen LogP contribution in [0.2, 0.25) is 0 Å². The minimum atomic E-state index is -0.140. The second-order valence-electron chi connectivity index (χ2n) is 6.14. The van der Waals surface area contributed by atoms with Crippen molar-refractivity contribution in [3.8, 4) is 0 Å². The van der Waals surface area contributed by atoms with E-state index < -0.39 is 0 Å². The molecule has 0 aromatic carbocycles. The van der Waals surface area contributed by atoms with E-state index in [1.54, 1.807) is 6.08 Å². The van der Waals surface area contributed by atoms with Gasteiger partial charge in [0.25, 0.3) is 0 Å². The number of carbonyl (C=O) groups is 1. The lowest BCUT2D eigenvalue weighted by atomic mass is 10.1. The summed E-state index contributed by atoms with van der Waals surface area (Å²) in [4.78, 5) is 12.3. The van der Waals surface area contributed by atoms with Crippen LogP contribution in [-0.4, -0.2) is 12.1 Å². The predicted molar refractivity (Wildman–Crippen MR) is 82.6 cm³/mol. The van der Waals surface area contributed by atoms with Crippen molar-refractivity contribution in [1.82, 2.24) is 0 Å². The summed E-state index contributed by atoms with van der Waals surface area (Å²) < 4.78 is 5.84. The molecule has 110 valence electrons. The summed E-state index contributed by atoms with van der Waals surface area (Å²) in [6, 6.07) is 0. The van der Waals surface area contributed by atoms with Crippen LogP contribution in [0.4, 0.5) is 0 Å². The Labute approximate surface area is 130 Å². The fourth-order valence-electron chi connectivity index (χ4n) is 3.01. The van der Waals surface area contributed by atoms with Gasteiger partial charge < -0.3 is 4.74 Å². The van der Waals surface area contributed by atoms with Crippen molar-refractivity contribution < 1.29 is 9.53 Å². The van der Waals surface area contributed by atoms with Gasteiger partial charge in [0.15, 0.2) is 0 Å². The molecule has 0 heterocycles. The van der Waals surface area contributed by atoms with Gasteiger partial charge in [-0.1, -0.05) is 54.8 Å². The Hall–Kier alpha value is -0.730. The molecule has 0 N–H and O–H groups in total. The molecule has 1 saturated carbocycles. The van der Waals surface area contributed by atoms with Crippen LogP contribution in [0.5, 0.6) is 0 Å². The second kappa shape index (κ2) is 5.95. The lowest BCUT2D eigenvalue weighted by Crippen LogP contribution is -2.18. The predicted octanol–water partition coefficient (Wildman–Crippen LogP) is 4.79. The van der Waals surface area contributed by atoms with Crippen LogP contribution in [0.25, 0.3) is 0 Å². The number of hydrogen-bond acceptors (Lipinski definition) is 2. The van der Waals surface area contributed by atoms with E-state index in [0.29, 0.717) is 0 Å². The highest BCUT2D eigenvalue weighted by Crippen LogP contribution is 2.60. The standard InChI is InChI=1S/C16H20Cl2O2/c1-4-5-10-6-7-11(8-10)20-15(19)14-12(9-13(17)18)16(14,2)3/h4,6,9,11-12,14H,1,5,7-8H2,2-3H3/t11?,12-,14+/m1/s1. The number of hydrogen-bond donors (Lipinski definition) is 0. The minimum Gasteiger partial charge on any atom is -0.461 e. The molecule has 0 radical (unpaired) electrons.